The summed E-state index contributed by atoms with van der Waals surface area (Å²) in [7, 11) is 0. The lowest BCUT2D eigenvalue weighted by atomic mass is 10.1. The van der Waals surface area contributed by atoms with E-state index in [-0.39, 0.29) is 12.0 Å². The lowest BCUT2D eigenvalue weighted by molar-refractivity contribution is 0.161. The van der Waals surface area contributed by atoms with Gasteiger partial charge in [-0.05, 0) is 19.3 Å². The standard InChI is InChI=1S/C12H20O/c1-2-3-4-5-6-8-11-9-7-10-12(11)13/h6-9,11-13H,2-5,10H2,1H3/b8-6+. The number of allylic oxidation sites excluding steroid dienone is 1. The highest BCUT2D eigenvalue weighted by atomic mass is 16.3. The Morgan fingerprint density at radius 2 is 2.31 bits per heavy atom. The van der Waals surface area contributed by atoms with E-state index in [1.165, 1.54) is 19.3 Å². The summed E-state index contributed by atoms with van der Waals surface area (Å²) in [5.74, 6) is 0.279. The van der Waals surface area contributed by atoms with E-state index in [0.717, 1.165) is 12.8 Å². The van der Waals surface area contributed by atoms with Crippen LogP contribution in [0.4, 0.5) is 0 Å². The highest BCUT2D eigenvalue weighted by molar-refractivity contribution is 5.10. The fourth-order valence-electron chi connectivity index (χ4n) is 1.62. The molecule has 0 spiro atoms. The van der Waals surface area contributed by atoms with Crippen LogP contribution >= 0.6 is 0 Å². The Balaban J connectivity index is 2.12. The topological polar surface area (TPSA) is 20.2 Å². The van der Waals surface area contributed by atoms with Crippen molar-refractivity contribution in [2.75, 3.05) is 0 Å². The molecular weight excluding hydrogens is 160 g/mol. The Bertz CT molecular complexity index is 182. The van der Waals surface area contributed by atoms with Crippen molar-refractivity contribution in [1.82, 2.24) is 0 Å². The Hall–Kier alpha value is -0.560. The number of rotatable bonds is 5. The van der Waals surface area contributed by atoms with Gasteiger partial charge in [0.1, 0.15) is 0 Å². The Kier molecular flexibility index (Phi) is 4.84. The van der Waals surface area contributed by atoms with Gasteiger partial charge in [0.15, 0.2) is 0 Å². The van der Waals surface area contributed by atoms with Gasteiger partial charge in [-0.2, -0.15) is 0 Å². The molecular formula is C12H20O. The van der Waals surface area contributed by atoms with Crippen LogP contribution in [0.1, 0.15) is 39.0 Å². The molecule has 0 heterocycles. The second-order valence-electron chi connectivity index (χ2n) is 3.73. The van der Waals surface area contributed by atoms with E-state index in [2.05, 4.69) is 31.2 Å². The van der Waals surface area contributed by atoms with Gasteiger partial charge in [0.2, 0.25) is 0 Å². The third-order valence-electron chi connectivity index (χ3n) is 2.51. The molecule has 1 aliphatic carbocycles. The largest absolute Gasteiger partial charge is 0.392 e. The average molecular weight is 180 g/mol. The maximum Gasteiger partial charge on any atom is 0.0671 e. The maximum absolute atomic E-state index is 9.48. The first kappa shape index (κ1) is 10.5. The number of aliphatic hydroxyl groups is 1. The SMILES string of the molecule is CCCCC/C=C/C1C=CCC1O. The molecule has 0 aromatic rings. The van der Waals surface area contributed by atoms with Gasteiger partial charge < -0.3 is 5.11 Å². The van der Waals surface area contributed by atoms with E-state index in [4.69, 9.17) is 0 Å². The van der Waals surface area contributed by atoms with Crippen molar-refractivity contribution in [3.63, 3.8) is 0 Å². The second kappa shape index (κ2) is 5.98. The third kappa shape index (κ3) is 3.77. The lowest BCUT2D eigenvalue weighted by Crippen LogP contribution is -2.10. The van der Waals surface area contributed by atoms with Crippen molar-refractivity contribution in [2.45, 2.75) is 45.1 Å². The molecule has 2 unspecified atom stereocenters. The number of hydrogen-bond acceptors (Lipinski definition) is 1. The van der Waals surface area contributed by atoms with Crippen LogP contribution in [-0.2, 0) is 0 Å². The van der Waals surface area contributed by atoms with E-state index < -0.39 is 0 Å². The van der Waals surface area contributed by atoms with E-state index >= 15 is 0 Å². The summed E-state index contributed by atoms with van der Waals surface area (Å²) >= 11 is 0. The van der Waals surface area contributed by atoms with Crippen LogP contribution in [0.3, 0.4) is 0 Å². The van der Waals surface area contributed by atoms with Crippen molar-refractivity contribution in [3.05, 3.63) is 24.3 Å². The average Bonchev–Trinajstić information content (AvgIpc) is 2.52. The van der Waals surface area contributed by atoms with E-state index in [9.17, 15) is 5.11 Å². The predicted octanol–water partition coefficient (Wildman–Crippen LogP) is 3.06. The van der Waals surface area contributed by atoms with Gasteiger partial charge in [0.05, 0.1) is 6.10 Å². The minimum absolute atomic E-state index is 0.164. The summed E-state index contributed by atoms with van der Waals surface area (Å²) in [6.45, 7) is 2.22. The molecule has 0 saturated carbocycles. The molecule has 0 aromatic carbocycles. The highest BCUT2D eigenvalue weighted by Crippen LogP contribution is 2.19. The summed E-state index contributed by atoms with van der Waals surface area (Å²) in [6.07, 6.45) is 14.2. The molecule has 0 radical (unpaired) electrons. The van der Waals surface area contributed by atoms with Crippen molar-refractivity contribution >= 4 is 0 Å². The molecule has 1 nitrogen and oxygen atoms in total. The van der Waals surface area contributed by atoms with E-state index in [0.29, 0.717) is 0 Å². The fraction of sp³-hybridized carbons (Fsp3) is 0.667. The summed E-state index contributed by atoms with van der Waals surface area (Å²) in [5.41, 5.74) is 0. The van der Waals surface area contributed by atoms with Gasteiger partial charge >= 0.3 is 0 Å². The van der Waals surface area contributed by atoms with E-state index in [1.807, 2.05) is 0 Å². The monoisotopic (exact) mass is 180 g/mol. The molecule has 1 rings (SSSR count). The van der Waals surface area contributed by atoms with E-state index in [1.54, 1.807) is 0 Å². The quantitative estimate of drug-likeness (QED) is 0.509. The van der Waals surface area contributed by atoms with Crippen LogP contribution in [0.25, 0.3) is 0 Å². The number of aliphatic hydroxyl groups excluding tert-OH is 1. The molecule has 0 amide bonds. The number of hydrogen-bond donors (Lipinski definition) is 1. The molecule has 0 saturated heterocycles. The first-order valence-electron chi connectivity index (χ1n) is 5.36. The minimum Gasteiger partial charge on any atom is -0.392 e. The van der Waals surface area contributed by atoms with Gasteiger partial charge in [-0.3, -0.25) is 0 Å². The lowest BCUT2D eigenvalue weighted by Gasteiger charge is -2.07. The van der Waals surface area contributed by atoms with Gasteiger partial charge in [-0.15, -0.1) is 0 Å². The molecule has 0 aliphatic heterocycles. The molecule has 0 aromatic heterocycles. The first-order chi connectivity index (χ1) is 6.34. The molecule has 2 atom stereocenters. The third-order valence-corrected chi connectivity index (χ3v) is 2.51. The predicted molar refractivity (Wildman–Crippen MR) is 56.5 cm³/mol. The van der Waals surface area contributed by atoms with Crippen LogP contribution in [0, 0.1) is 5.92 Å². The van der Waals surface area contributed by atoms with Crippen molar-refractivity contribution in [2.24, 2.45) is 5.92 Å². The molecule has 1 N–H and O–H groups in total. The van der Waals surface area contributed by atoms with Crippen LogP contribution < -0.4 is 0 Å². The Morgan fingerprint density at radius 3 is 2.92 bits per heavy atom. The molecule has 13 heavy (non-hydrogen) atoms. The Labute approximate surface area is 81.2 Å². The first-order valence-corrected chi connectivity index (χ1v) is 5.36. The maximum atomic E-state index is 9.48. The zero-order valence-corrected chi connectivity index (χ0v) is 8.45. The highest BCUT2D eigenvalue weighted by Gasteiger charge is 2.16. The molecule has 0 fully saturated rings. The molecule has 1 heteroatoms. The zero-order valence-electron chi connectivity index (χ0n) is 8.45. The van der Waals surface area contributed by atoms with Crippen molar-refractivity contribution in [3.8, 4) is 0 Å². The summed E-state index contributed by atoms with van der Waals surface area (Å²) in [5, 5.41) is 9.48. The smallest absolute Gasteiger partial charge is 0.0671 e. The molecule has 74 valence electrons. The van der Waals surface area contributed by atoms with Crippen LogP contribution in [0.2, 0.25) is 0 Å². The van der Waals surface area contributed by atoms with Crippen molar-refractivity contribution < 1.29 is 5.11 Å². The minimum atomic E-state index is -0.164. The summed E-state index contributed by atoms with van der Waals surface area (Å²) in [4.78, 5) is 0. The van der Waals surface area contributed by atoms with Crippen LogP contribution in [0.15, 0.2) is 24.3 Å². The van der Waals surface area contributed by atoms with Gasteiger partial charge in [0, 0.05) is 5.92 Å². The van der Waals surface area contributed by atoms with Crippen molar-refractivity contribution in [1.29, 1.82) is 0 Å². The Morgan fingerprint density at radius 1 is 1.46 bits per heavy atom. The second-order valence-corrected chi connectivity index (χ2v) is 3.73. The fourth-order valence-corrected chi connectivity index (χ4v) is 1.62. The molecule has 0 bridgehead atoms. The van der Waals surface area contributed by atoms with Gasteiger partial charge in [-0.25, -0.2) is 0 Å². The van der Waals surface area contributed by atoms with Gasteiger partial charge in [-0.1, -0.05) is 44.1 Å². The normalized spacial score (nSPS) is 27.5. The van der Waals surface area contributed by atoms with Crippen LogP contribution in [0.5, 0.6) is 0 Å². The summed E-state index contributed by atoms with van der Waals surface area (Å²) in [6, 6.07) is 0. The van der Waals surface area contributed by atoms with Crippen LogP contribution in [-0.4, -0.2) is 11.2 Å². The van der Waals surface area contributed by atoms with Gasteiger partial charge in [0.25, 0.3) is 0 Å². The summed E-state index contributed by atoms with van der Waals surface area (Å²) < 4.78 is 0. The zero-order chi connectivity index (χ0) is 9.52. The number of unbranched alkanes of at least 4 members (excludes halogenated alkanes) is 3. The molecule has 1 aliphatic rings.